The lowest BCUT2D eigenvalue weighted by Crippen LogP contribution is -2.11. The number of hydrogen-bond donors (Lipinski definition) is 2. The summed E-state index contributed by atoms with van der Waals surface area (Å²) in [6, 6.07) is 6.37. The molecule has 0 atom stereocenters. The largest absolute Gasteiger partial charge is 0.507 e. The van der Waals surface area contributed by atoms with E-state index in [-0.39, 0.29) is 17.2 Å². The smallest absolute Gasteiger partial charge is 0.259 e. The molecule has 118 valence electrons. The first-order chi connectivity index (χ1) is 11.0. The Morgan fingerprint density at radius 3 is 2.83 bits per heavy atom. The lowest BCUT2D eigenvalue weighted by Gasteiger charge is -2.04. The van der Waals surface area contributed by atoms with Gasteiger partial charge in [-0.15, -0.1) is 0 Å². The third-order valence-corrected chi connectivity index (χ3v) is 3.54. The number of carbonyl (C=O) groups excluding carboxylic acids is 1. The summed E-state index contributed by atoms with van der Waals surface area (Å²) in [7, 11) is 0. The van der Waals surface area contributed by atoms with E-state index in [1.54, 1.807) is 35.3 Å². The zero-order valence-corrected chi connectivity index (χ0v) is 12.8. The number of carbonyl (C=O) groups is 1. The first-order valence-corrected chi connectivity index (χ1v) is 7.08. The van der Waals surface area contributed by atoms with E-state index >= 15 is 0 Å². The summed E-state index contributed by atoms with van der Waals surface area (Å²) in [5, 5.41) is 20.5. The van der Waals surface area contributed by atoms with E-state index in [4.69, 9.17) is 4.52 Å². The van der Waals surface area contributed by atoms with Gasteiger partial charge in [-0.2, -0.15) is 5.10 Å². The van der Waals surface area contributed by atoms with E-state index in [0.29, 0.717) is 12.2 Å². The van der Waals surface area contributed by atoms with Gasteiger partial charge in [-0.25, -0.2) is 0 Å². The molecule has 0 unspecified atom stereocenters. The van der Waals surface area contributed by atoms with Crippen LogP contribution in [0.2, 0.25) is 0 Å². The van der Waals surface area contributed by atoms with Crippen molar-refractivity contribution in [1.82, 2.24) is 14.9 Å². The number of nitrogens with zero attached hydrogens (tertiary/aromatic N) is 3. The van der Waals surface area contributed by atoms with Crippen LogP contribution in [-0.4, -0.2) is 26.0 Å². The molecule has 1 aromatic carbocycles. The number of rotatable bonds is 4. The van der Waals surface area contributed by atoms with Crippen LogP contribution in [0.25, 0.3) is 0 Å². The fourth-order valence-corrected chi connectivity index (χ4v) is 2.27. The first-order valence-electron chi connectivity index (χ1n) is 7.08. The number of aromatic hydroxyl groups is 1. The first kappa shape index (κ1) is 14.8. The standard InChI is InChI=1S/C16H16N4O3/c1-10-14(11(2)23-19-10)9-20-8-12(7-17-20)18-16(22)13-5-3-4-6-15(13)21/h3-8,21H,9H2,1-2H3,(H,18,22). The lowest BCUT2D eigenvalue weighted by atomic mass is 10.2. The van der Waals surface area contributed by atoms with E-state index < -0.39 is 0 Å². The molecule has 0 fully saturated rings. The number of para-hydroxylation sites is 1. The van der Waals surface area contributed by atoms with Crippen molar-refractivity contribution < 1.29 is 14.4 Å². The Morgan fingerprint density at radius 1 is 1.35 bits per heavy atom. The molecular formula is C16H16N4O3. The quantitative estimate of drug-likeness (QED) is 0.772. The van der Waals surface area contributed by atoms with Crippen molar-refractivity contribution >= 4 is 11.6 Å². The van der Waals surface area contributed by atoms with Crippen LogP contribution in [0, 0.1) is 13.8 Å². The van der Waals surface area contributed by atoms with E-state index in [1.807, 2.05) is 13.8 Å². The van der Waals surface area contributed by atoms with Crippen molar-refractivity contribution in [2.24, 2.45) is 0 Å². The van der Waals surface area contributed by atoms with Crippen molar-refractivity contribution in [3.63, 3.8) is 0 Å². The average molecular weight is 312 g/mol. The van der Waals surface area contributed by atoms with Crippen LogP contribution >= 0.6 is 0 Å². The Balaban J connectivity index is 1.73. The summed E-state index contributed by atoms with van der Waals surface area (Å²) < 4.78 is 6.81. The van der Waals surface area contributed by atoms with Gasteiger partial charge in [0.2, 0.25) is 0 Å². The zero-order valence-electron chi connectivity index (χ0n) is 12.8. The Bertz CT molecular complexity index is 831. The molecule has 3 aromatic rings. The van der Waals surface area contributed by atoms with Gasteiger partial charge in [0.1, 0.15) is 11.5 Å². The van der Waals surface area contributed by atoms with E-state index in [2.05, 4.69) is 15.6 Å². The average Bonchev–Trinajstić information content (AvgIpc) is 3.09. The molecule has 0 aliphatic carbocycles. The highest BCUT2D eigenvalue weighted by Crippen LogP contribution is 2.18. The Kier molecular flexibility index (Phi) is 3.84. The summed E-state index contributed by atoms with van der Waals surface area (Å²) in [4.78, 5) is 12.1. The molecule has 0 aliphatic heterocycles. The number of nitrogens with one attached hydrogen (secondary N) is 1. The second-order valence-electron chi connectivity index (χ2n) is 5.20. The van der Waals surface area contributed by atoms with Crippen molar-refractivity contribution in [3.05, 3.63) is 59.2 Å². The second kappa shape index (κ2) is 5.96. The van der Waals surface area contributed by atoms with Gasteiger partial charge in [-0.05, 0) is 26.0 Å². The van der Waals surface area contributed by atoms with E-state index in [1.165, 1.54) is 6.07 Å². The Hall–Kier alpha value is -3.09. The van der Waals surface area contributed by atoms with E-state index in [0.717, 1.165) is 17.0 Å². The summed E-state index contributed by atoms with van der Waals surface area (Å²) in [6.07, 6.45) is 3.26. The fourth-order valence-electron chi connectivity index (χ4n) is 2.27. The molecule has 0 saturated carbocycles. The molecule has 0 radical (unpaired) electrons. The molecule has 7 heteroatoms. The van der Waals surface area contributed by atoms with Gasteiger partial charge in [-0.3, -0.25) is 9.48 Å². The Labute approximate surface area is 132 Å². The molecular weight excluding hydrogens is 296 g/mol. The van der Waals surface area contributed by atoms with Crippen LogP contribution in [0.15, 0.2) is 41.2 Å². The predicted octanol–water partition coefficient (Wildman–Crippen LogP) is 2.49. The molecule has 2 aromatic heterocycles. The monoisotopic (exact) mass is 312 g/mol. The highest BCUT2D eigenvalue weighted by Gasteiger charge is 2.13. The summed E-state index contributed by atoms with van der Waals surface area (Å²) in [6.45, 7) is 4.23. The molecule has 2 heterocycles. The number of anilines is 1. The summed E-state index contributed by atoms with van der Waals surface area (Å²) in [5.74, 6) is 0.297. The minimum Gasteiger partial charge on any atom is -0.507 e. The van der Waals surface area contributed by atoms with Crippen molar-refractivity contribution in [1.29, 1.82) is 0 Å². The minimum atomic E-state index is -0.389. The van der Waals surface area contributed by atoms with Crippen LogP contribution in [0.5, 0.6) is 5.75 Å². The van der Waals surface area contributed by atoms with Crippen LogP contribution < -0.4 is 5.32 Å². The molecule has 3 rings (SSSR count). The molecule has 0 aliphatic rings. The number of aromatic nitrogens is 3. The topological polar surface area (TPSA) is 93.2 Å². The third kappa shape index (κ3) is 3.08. The number of phenols is 1. The normalized spacial score (nSPS) is 10.7. The van der Waals surface area contributed by atoms with Gasteiger partial charge in [0.15, 0.2) is 0 Å². The number of phenolic OH excluding ortho intramolecular Hbond substituents is 1. The van der Waals surface area contributed by atoms with E-state index in [9.17, 15) is 9.90 Å². The highest BCUT2D eigenvalue weighted by molar-refractivity contribution is 6.05. The van der Waals surface area contributed by atoms with Gasteiger partial charge >= 0.3 is 0 Å². The number of hydrogen-bond acceptors (Lipinski definition) is 5. The molecule has 23 heavy (non-hydrogen) atoms. The number of aryl methyl sites for hydroxylation is 2. The van der Waals surface area contributed by atoms with Crippen LogP contribution in [0.4, 0.5) is 5.69 Å². The van der Waals surface area contributed by atoms with Crippen molar-refractivity contribution in [3.8, 4) is 5.75 Å². The van der Waals surface area contributed by atoms with Gasteiger partial charge in [0.05, 0.1) is 29.7 Å². The predicted molar refractivity (Wildman–Crippen MR) is 83.4 cm³/mol. The highest BCUT2D eigenvalue weighted by atomic mass is 16.5. The van der Waals surface area contributed by atoms with Crippen molar-refractivity contribution in [2.45, 2.75) is 20.4 Å². The molecule has 0 saturated heterocycles. The minimum absolute atomic E-state index is 0.0619. The second-order valence-corrected chi connectivity index (χ2v) is 5.20. The molecule has 0 bridgehead atoms. The molecule has 2 N–H and O–H groups in total. The van der Waals surface area contributed by atoms with Gasteiger partial charge in [0.25, 0.3) is 5.91 Å². The number of amides is 1. The number of benzene rings is 1. The maximum absolute atomic E-state index is 12.1. The maximum atomic E-state index is 12.1. The third-order valence-electron chi connectivity index (χ3n) is 3.54. The van der Waals surface area contributed by atoms with Gasteiger partial charge in [-0.1, -0.05) is 17.3 Å². The fraction of sp³-hybridized carbons (Fsp3) is 0.188. The van der Waals surface area contributed by atoms with Crippen LogP contribution in [-0.2, 0) is 6.54 Å². The van der Waals surface area contributed by atoms with Crippen LogP contribution in [0.1, 0.15) is 27.4 Å². The SMILES string of the molecule is Cc1noc(C)c1Cn1cc(NC(=O)c2ccccc2O)cn1. The summed E-state index contributed by atoms with van der Waals surface area (Å²) >= 11 is 0. The van der Waals surface area contributed by atoms with Gasteiger partial charge in [0, 0.05) is 11.8 Å². The Morgan fingerprint density at radius 2 is 2.13 bits per heavy atom. The van der Waals surface area contributed by atoms with Gasteiger partial charge < -0.3 is 14.9 Å². The zero-order chi connectivity index (χ0) is 16.4. The lowest BCUT2D eigenvalue weighted by molar-refractivity contribution is 0.102. The summed E-state index contributed by atoms with van der Waals surface area (Å²) in [5.41, 5.74) is 2.54. The maximum Gasteiger partial charge on any atom is 0.259 e. The molecule has 0 spiro atoms. The van der Waals surface area contributed by atoms with Crippen LogP contribution in [0.3, 0.4) is 0 Å². The van der Waals surface area contributed by atoms with Crippen molar-refractivity contribution in [2.75, 3.05) is 5.32 Å². The molecule has 1 amide bonds. The molecule has 7 nitrogen and oxygen atoms in total.